The van der Waals surface area contributed by atoms with E-state index in [0.717, 1.165) is 11.3 Å². The van der Waals surface area contributed by atoms with E-state index in [4.69, 9.17) is 0 Å². The van der Waals surface area contributed by atoms with Gasteiger partial charge in [0.25, 0.3) is 5.91 Å². The van der Waals surface area contributed by atoms with Gasteiger partial charge in [-0.15, -0.1) is 0 Å². The number of carbonyl (C=O) groups is 1. The van der Waals surface area contributed by atoms with E-state index in [1.165, 1.54) is 11.1 Å². The second kappa shape index (κ2) is 9.28. The fraction of sp³-hybridized carbons (Fsp3) is 0.174. The number of nitrogens with one attached hydrogen (secondary N) is 1. The molecule has 0 aliphatic carbocycles. The highest BCUT2D eigenvalue weighted by Gasteiger charge is 2.14. The largest absolute Gasteiger partial charge is 0.352 e. The molecule has 27 heavy (non-hydrogen) atoms. The molecule has 0 heterocycles. The van der Waals surface area contributed by atoms with Gasteiger partial charge in [-0.1, -0.05) is 60.7 Å². The summed E-state index contributed by atoms with van der Waals surface area (Å²) in [6, 6.07) is 27.6. The number of rotatable bonds is 7. The Morgan fingerprint density at radius 3 is 1.85 bits per heavy atom. The van der Waals surface area contributed by atoms with Crippen molar-refractivity contribution in [1.82, 2.24) is 5.32 Å². The van der Waals surface area contributed by atoms with Gasteiger partial charge in [0.2, 0.25) is 0 Å². The van der Waals surface area contributed by atoms with Crippen molar-refractivity contribution in [2.75, 3.05) is 12.8 Å². The first-order chi connectivity index (χ1) is 13.1. The molecule has 0 radical (unpaired) electrons. The molecule has 4 heteroatoms. The summed E-state index contributed by atoms with van der Waals surface area (Å²) >= 11 is 0. The lowest BCUT2D eigenvalue weighted by atomic mass is 9.88. The standard InChI is InChI=1S/C23H23NO2S/c1-27(26)21-14-12-20(13-15-21)23(25)24-17-16-22(18-8-4-2-5-9-18)19-10-6-3-7-11-19/h2-15,22H,16-17H2,1H3,(H,24,25). The molecule has 138 valence electrons. The molecule has 0 spiro atoms. The summed E-state index contributed by atoms with van der Waals surface area (Å²) < 4.78 is 11.5. The molecule has 0 aromatic heterocycles. The summed E-state index contributed by atoms with van der Waals surface area (Å²) in [7, 11) is -1.04. The van der Waals surface area contributed by atoms with Crippen molar-refractivity contribution in [3.05, 3.63) is 102 Å². The molecule has 0 fully saturated rings. The highest BCUT2D eigenvalue weighted by molar-refractivity contribution is 7.84. The van der Waals surface area contributed by atoms with Crippen molar-refractivity contribution in [1.29, 1.82) is 0 Å². The number of carbonyl (C=O) groups excluding carboxylic acids is 1. The zero-order valence-electron chi connectivity index (χ0n) is 15.3. The third kappa shape index (κ3) is 5.14. The van der Waals surface area contributed by atoms with Gasteiger partial charge in [0.15, 0.2) is 0 Å². The molecule has 0 bridgehead atoms. The molecule has 0 aliphatic heterocycles. The molecule has 1 atom stereocenters. The molecular weight excluding hydrogens is 354 g/mol. The first kappa shape index (κ1) is 19.1. The van der Waals surface area contributed by atoms with Crippen molar-refractivity contribution >= 4 is 16.7 Å². The van der Waals surface area contributed by atoms with Crippen LogP contribution in [0.25, 0.3) is 0 Å². The zero-order chi connectivity index (χ0) is 19.1. The van der Waals surface area contributed by atoms with Crippen molar-refractivity contribution < 1.29 is 9.00 Å². The molecule has 0 saturated carbocycles. The van der Waals surface area contributed by atoms with Crippen LogP contribution in [-0.2, 0) is 10.8 Å². The van der Waals surface area contributed by atoms with Crippen LogP contribution in [0.4, 0.5) is 0 Å². The van der Waals surface area contributed by atoms with Gasteiger partial charge >= 0.3 is 0 Å². The van der Waals surface area contributed by atoms with Gasteiger partial charge in [-0.2, -0.15) is 0 Å². The van der Waals surface area contributed by atoms with Crippen LogP contribution in [0.15, 0.2) is 89.8 Å². The Hall–Kier alpha value is -2.72. The van der Waals surface area contributed by atoms with Crippen LogP contribution in [0.1, 0.15) is 33.8 Å². The van der Waals surface area contributed by atoms with Crippen molar-refractivity contribution in [2.24, 2.45) is 0 Å². The van der Waals surface area contributed by atoms with E-state index >= 15 is 0 Å². The molecule has 3 nitrogen and oxygen atoms in total. The maximum absolute atomic E-state index is 12.4. The van der Waals surface area contributed by atoms with E-state index in [1.807, 2.05) is 36.4 Å². The van der Waals surface area contributed by atoms with E-state index in [0.29, 0.717) is 12.1 Å². The first-order valence-electron chi connectivity index (χ1n) is 8.97. The van der Waals surface area contributed by atoms with E-state index in [1.54, 1.807) is 30.5 Å². The second-order valence-corrected chi connectivity index (χ2v) is 7.78. The van der Waals surface area contributed by atoms with Crippen LogP contribution in [0.5, 0.6) is 0 Å². The van der Waals surface area contributed by atoms with E-state index < -0.39 is 10.8 Å². The van der Waals surface area contributed by atoms with Crippen molar-refractivity contribution in [3.8, 4) is 0 Å². The Kier molecular flexibility index (Phi) is 6.55. The van der Waals surface area contributed by atoms with Crippen LogP contribution in [0, 0.1) is 0 Å². The SMILES string of the molecule is CS(=O)c1ccc(C(=O)NCCC(c2ccccc2)c2ccccc2)cc1. The fourth-order valence-corrected chi connectivity index (χ4v) is 3.65. The minimum absolute atomic E-state index is 0.108. The van der Waals surface area contributed by atoms with E-state index in [2.05, 4.69) is 29.6 Å². The highest BCUT2D eigenvalue weighted by atomic mass is 32.2. The van der Waals surface area contributed by atoms with E-state index in [9.17, 15) is 9.00 Å². The molecule has 1 amide bonds. The van der Waals surface area contributed by atoms with Gasteiger partial charge in [-0.25, -0.2) is 0 Å². The summed E-state index contributed by atoms with van der Waals surface area (Å²) in [4.78, 5) is 13.1. The Bertz CT molecular complexity index is 853. The van der Waals surface area contributed by atoms with Gasteiger partial charge in [-0.05, 0) is 41.8 Å². The quantitative estimate of drug-likeness (QED) is 0.664. The second-order valence-electron chi connectivity index (χ2n) is 6.40. The Morgan fingerprint density at radius 2 is 1.37 bits per heavy atom. The van der Waals surface area contributed by atoms with Gasteiger partial charge in [0.1, 0.15) is 0 Å². The monoisotopic (exact) mass is 377 g/mol. The summed E-state index contributed by atoms with van der Waals surface area (Å²) in [6.45, 7) is 0.578. The number of hydrogen-bond donors (Lipinski definition) is 1. The van der Waals surface area contributed by atoms with Gasteiger partial charge in [0, 0.05) is 40.0 Å². The summed E-state index contributed by atoms with van der Waals surface area (Å²) in [6.07, 6.45) is 2.44. The van der Waals surface area contributed by atoms with Crippen molar-refractivity contribution in [2.45, 2.75) is 17.2 Å². The van der Waals surface area contributed by atoms with Crippen LogP contribution in [0.3, 0.4) is 0 Å². The summed E-state index contributed by atoms with van der Waals surface area (Å²) in [5.41, 5.74) is 3.07. The highest BCUT2D eigenvalue weighted by Crippen LogP contribution is 2.27. The van der Waals surface area contributed by atoms with Gasteiger partial charge < -0.3 is 5.32 Å². The van der Waals surface area contributed by atoms with Gasteiger partial charge in [0.05, 0.1) is 0 Å². The predicted octanol–water partition coefficient (Wildman–Crippen LogP) is 4.38. The fourth-order valence-electron chi connectivity index (χ4n) is 3.13. The lowest BCUT2D eigenvalue weighted by molar-refractivity contribution is 0.0952. The minimum atomic E-state index is -1.04. The topological polar surface area (TPSA) is 46.2 Å². The zero-order valence-corrected chi connectivity index (χ0v) is 16.1. The van der Waals surface area contributed by atoms with Crippen LogP contribution >= 0.6 is 0 Å². The number of hydrogen-bond acceptors (Lipinski definition) is 2. The Balaban J connectivity index is 1.65. The molecule has 1 unspecified atom stereocenters. The maximum atomic E-state index is 12.4. The molecule has 3 aromatic carbocycles. The maximum Gasteiger partial charge on any atom is 0.251 e. The molecule has 0 aliphatic rings. The average molecular weight is 378 g/mol. The van der Waals surface area contributed by atoms with E-state index in [-0.39, 0.29) is 11.8 Å². The molecular formula is C23H23NO2S. The summed E-state index contributed by atoms with van der Waals surface area (Å²) in [5, 5.41) is 3.00. The molecule has 1 N–H and O–H groups in total. The smallest absolute Gasteiger partial charge is 0.251 e. The average Bonchev–Trinajstić information content (AvgIpc) is 2.72. The normalized spacial score (nSPS) is 11.9. The lowest BCUT2D eigenvalue weighted by Crippen LogP contribution is -2.25. The first-order valence-corrected chi connectivity index (χ1v) is 10.5. The Morgan fingerprint density at radius 1 is 0.852 bits per heavy atom. The predicted molar refractivity (Wildman–Crippen MR) is 110 cm³/mol. The third-order valence-corrected chi connectivity index (χ3v) is 5.51. The van der Waals surface area contributed by atoms with Crippen molar-refractivity contribution in [3.63, 3.8) is 0 Å². The molecule has 3 rings (SSSR count). The summed E-state index contributed by atoms with van der Waals surface area (Å²) in [5.74, 6) is 0.126. The number of benzene rings is 3. The van der Waals surface area contributed by atoms with Gasteiger partial charge in [-0.3, -0.25) is 9.00 Å². The van der Waals surface area contributed by atoms with Crippen LogP contribution in [-0.4, -0.2) is 22.9 Å². The number of amides is 1. The van der Waals surface area contributed by atoms with Crippen LogP contribution in [0.2, 0.25) is 0 Å². The lowest BCUT2D eigenvalue weighted by Gasteiger charge is -2.18. The molecule has 3 aromatic rings. The molecule has 0 saturated heterocycles. The van der Waals surface area contributed by atoms with Crippen LogP contribution < -0.4 is 5.32 Å². The Labute approximate surface area is 162 Å². The third-order valence-electron chi connectivity index (χ3n) is 4.57. The minimum Gasteiger partial charge on any atom is -0.352 e.